The fourth-order valence-electron chi connectivity index (χ4n) is 2.96. The van der Waals surface area contributed by atoms with Crippen molar-refractivity contribution in [1.29, 1.82) is 0 Å². The van der Waals surface area contributed by atoms with Gasteiger partial charge in [0.25, 0.3) is 0 Å². The van der Waals surface area contributed by atoms with Crippen molar-refractivity contribution in [2.45, 2.75) is 31.2 Å². The van der Waals surface area contributed by atoms with E-state index >= 15 is 0 Å². The molecule has 6 heteroatoms. The van der Waals surface area contributed by atoms with Crippen LogP contribution >= 0.6 is 11.8 Å². The molecule has 5 nitrogen and oxygen atoms in total. The highest BCUT2D eigenvalue weighted by Crippen LogP contribution is 2.27. The number of carboxylic acid groups (broad SMARTS) is 1. The lowest BCUT2D eigenvalue weighted by Gasteiger charge is -2.33. The third-order valence-corrected chi connectivity index (χ3v) is 5.38. The summed E-state index contributed by atoms with van der Waals surface area (Å²) in [4.78, 5) is 26.9. The SMILES string of the molecule is O=C(CCc1ccc2[nH]ccc2c1)NC1(C(=O)O)CCSCC1. The minimum Gasteiger partial charge on any atom is -0.480 e. The number of carboxylic acids is 1. The van der Waals surface area contributed by atoms with E-state index in [0.717, 1.165) is 28.0 Å². The van der Waals surface area contributed by atoms with Crippen molar-refractivity contribution < 1.29 is 14.7 Å². The number of aromatic nitrogens is 1. The first kappa shape index (κ1) is 15.9. The minimum atomic E-state index is -1.08. The Morgan fingerprint density at radius 1 is 1.26 bits per heavy atom. The van der Waals surface area contributed by atoms with Crippen LogP contribution in [-0.2, 0) is 16.0 Å². The zero-order valence-electron chi connectivity index (χ0n) is 12.8. The third-order valence-electron chi connectivity index (χ3n) is 4.39. The van der Waals surface area contributed by atoms with Gasteiger partial charge >= 0.3 is 5.97 Å². The van der Waals surface area contributed by atoms with Gasteiger partial charge in [-0.15, -0.1) is 0 Å². The Bertz CT molecular complexity index is 719. The van der Waals surface area contributed by atoms with Gasteiger partial charge in [-0.25, -0.2) is 4.79 Å². The number of benzene rings is 1. The molecule has 1 aromatic heterocycles. The molecule has 0 spiro atoms. The summed E-state index contributed by atoms with van der Waals surface area (Å²) in [5.74, 6) is 0.446. The number of nitrogens with one attached hydrogen (secondary N) is 2. The van der Waals surface area contributed by atoms with Crippen LogP contribution in [0.2, 0.25) is 0 Å². The van der Waals surface area contributed by atoms with Crippen molar-refractivity contribution >= 4 is 34.5 Å². The molecule has 2 aromatic rings. The monoisotopic (exact) mass is 332 g/mol. The second kappa shape index (κ2) is 6.66. The Labute approximate surface area is 138 Å². The number of hydrogen-bond acceptors (Lipinski definition) is 3. The molecule has 1 aliphatic heterocycles. The maximum atomic E-state index is 12.2. The predicted octanol–water partition coefficient (Wildman–Crippen LogP) is 2.57. The van der Waals surface area contributed by atoms with E-state index in [1.165, 1.54) is 0 Å². The molecule has 0 aliphatic carbocycles. The van der Waals surface area contributed by atoms with Crippen LogP contribution in [0.1, 0.15) is 24.8 Å². The van der Waals surface area contributed by atoms with Crippen molar-refractivity contribution in [3.8, 4) is 0 Å². The maximum Gasteiger partial charge on any atom is 0.329 e. The summed E-state index contributed by atoms with van der Waals surface area (Å²) < 4.78 is 0. The summed E-state index contributed by atoms with van der Waals surface area (Å²) in [7, 11) is 0. The van der Waals surface area contributed by atoms with Gasteiger partial charge in [-0.2, -0.15) is 11.8 Å². The number of thioether (sulfide) groups is 1. The van der Waals surface area contributed by atoms with Crippen molar-refractivity contribution in [2.24, 2.45) is 0 Å². The lowest BCUT2D eigenvalue weighted by Crippen LogP contribution is -2.56. The van der Waals surface area contributed by atoms with E-state index in [2.05, 4.69) is 16.4 Å². The van der Waals surface area contributed by atoms with E-state index in [-0.39, 0.29) is 5.91 Å². The molecule has 23 heavy (non-hydrogen) atoms. The van der Waals surface area contributed by atoms with Gasteiger partial charge in [0.2, 0.25) is 5.91 Å². The Morgan fingerprint density at radius 3 is 2.78 bits per heavy atom. The van der Waals surface area contributed by atoms with Crippen LogP contribution in [0.5, 0.6) is 0 Å². The fraction of sp³-hybridized carbons (Fsp3) is 0.412. The van der Waals surface area contributed by atoms with Gasteiger partial charge in [-0.1, -0.05) is 6.07 Å². The van der Waals surface area contributed by atoms with Gasteiger partial charge in [-0.05, 0) is 59.9 Å². The van der Waals surface area contributed by atoms with Gasteiger partial charge in [-0.3, -0.25) is 4.79 Å². The number of amides is 1. The molecule has 0 radical (unpaired) electrons. The lowest BCUT2D eigenvalue weighted by atomic mass is 9.92. The first-order valence-corrected chi connectivity index (χ1v) is 8.93. The average Bonchev–Trinajstić information content (AvgIpc) is 3.01. The quantitative estimate of drug-likeness (QED) is 0.786. The van der Waals surface area contributed by atoms with Gasteiger partial charge in [0.15, 0.2) is 0 Å². The number of aromatic amines is 1. The minimum absolute atomic E-state index is 0.187. The molecule has 1 aliphatic rings. The molecule has 3 rings (SSSR count). The second-order valence-electron chi connectivity index (χ2n) is 5.95. The van der Waals surface area contributed by atoms with Crippen molar-refractivity contribution in [3.05, 3.63) is 36.0 Å². The zero-order valence-corrected chi connectivity index (χ0v) is 13.6. The Kier molecular flexibility index (Phi) is 4.61. The topological polar surface area (TPSA) is 82.2 Å². The molecule has 1 fully saturated rings. The molecule has 0 atom stereocenters. The number of carbonyl (C=O) groups excluding carboxylic acids is 1. The highest BCUT2D eigenvalue weighted by Gasteiger charge is 2.41. The Hall–Kier alpha value is -1.95. The second-order valence-corrected chi connectivity index (χ2v) is 7.17. The van der Waals surface area contributed by atoms with Crippen molar-refractivity contribution in [1.82, 2.24) is 10.3 Å². The number of fused-ring (bicyclic) bond motifs is 1. The van der Waals surface area contributed by atoms with Gasteiger partial charge in [0, 0.05) is 18.1 Å². The molecule has 0 unspecified atom stereocenters. The standard InChI is InChI=1S/C17H20N2O3S/c20-15(19-17(16(21)22)6-9-23-10-7-17)4-2-12-1-3-14-13(11-12)5-8-18-14/h1,3,5,8,11,18H,2,4,6-7,9-10H2,(H,19,20)(H,21,22). The Balaban J connectivity index is 1.61. The van der Waals surface area contributed by atoms with E-state index in [0.29, 0.717) is 25.7 Å². The molecule has 1 aromatic carbocycles. The van der Waals surface area contributed by atoms with Crippen LogP contribution in [0, 0.1) is 0 Å². The summed E-state index contributed by atoms with van der Waals surface area (Å²) in [6.45, 7) is 0. The molecular weight excluding hydrogens is 312 g/mol. The first-order chi connectivity index (χ1) is 11.1. The molecule has 2 heterocycles. The number of carbonyl (C=O) groups is 2. The summed E-state index contributed by atoms with van der Waals surface area (Å²) >= 11 is 1.74. The van der Waals surface area contributed by atoms with Crippen molar-refractivity contribution in [2.75, 3.05) is 11.5 Å². The lowest BCUT2D eigenvalue weighted by molar-refractivity contribution is -0.148. The van der Waals surface area contributed by atoms with E-state index in [1.807, 2.05) is 24.4 Å². The van der Waals surface area contributed by atoms with Crippen LogP contribution in [0.4, 0.5) is 0 Å². The first-order valence-electron chi connectivity index (χ1n) is 7.77. The molecule has 0 bridgehead atoms. The largest absolute Gasteiger partial charge is 0.480 e. The number of hydrogen-bond donors (Lipinski definition) is 3. The summed E-state index contributed by atoms with van der Waals surface area (Å²) in [5.41, 5.74) is 1.07. The van der Waals surface area contributed by atoms with Gasteiger partial charge < -0.3 is 15.4 Å². The van der Waals surface area contributed by atoms with Crippen LogP contribution in [0.25, 0.3) is 10.9 Å². The molecule has 1 amide bonds. The number of aliphatic carboxylic acids is 1. The van der Waals surface area contributed by atoms with E-state index in [9.17, 15) is 14.7 Å². The average molecular weight is 332 g/mol. The number of H-pyrrole nitrogens is 1. The Morgan fingerprint density at radius 2 is 2.04 bits per heavy atom. The molecule has 1 saturated heterocycles. The van der Waals surface area contributed by atoms with E-state index in [4.69, 9.17) is 0 Å². The van der Waals surface area contributed by atoms with Crippen LogP contribution < -0.4 is 5.32 Å². The fourth-order valence-corrected chi connectivity index (χ4v) is 4.15. The van der Waals surface area contributed by atoms with Crippen LogP contribution in [0.3, 0.4) is 0 Å². The third kappa shape index (κ3) is 3.52. The summed E-state index contributed by atoms with van der Waals surface area (Å²) in [5, 5.41) is 13.4. The van der Waals surface area contributed by atoms with E-state index in [1.54, 1.807) is 11.8 Å². The van der Waals surface area contributed by atoms with Crippen molar-refractivity contribution in [3.63, 3.8) is 0 Å². The normalized spacial score (nSPS) is 17.0. The smallest absolute Gasteiger partial charge is 0.329 e. The summed E-state index contributed by atoms with van der Waals surface area (Å²) in [6.07, 6.45) is 3.79. The number of rotatable bonds is 5. The zero-order chi connectivity index (χ0) is 16.3. The maximum absolute atomic E-state index is 12.2. The highest BCUT2D eigenvalue weighted by atomic mass is 32.2. The van der Waals surface area contributed by atoms with Gasteiger partial charge in [0.1, 0.15) is 5.54 Å². The summed E-state index contributed by atoms with van der Waals surface area (Å²) in [6, 6.07) is 8.05. The predicted molar refractivity (Wildman–Crippen MR) is 91.7 cm³/mol. The molecule has 122 valence electrons. The van der Waals surface area contributed by atoms with Gasteiger partial charge in [0.05, 0.1) is 0 Å². The molecule has 0 saturated carbocycles. The molecular formula is C17H20N2O3S. The van der Waals surface area contributed by atoms with Crippen LogP contribution in [0.15, 0.2) is 30.5 Å². The van der Waals surface area contributed by atoms with E-state index < -0.39 is 11.5 Å². The molecule has 3 N–H and O–H groups in total. The van der Waals surface area contributed by atoms with Crippen LogP contribution in [-0.4, -0.2) is 39.0 Å². The number of aryl methyl sites for hydroxylation is 1. The highest BCUT2D eigenvalue weighted by molar-refractivity contribution is 7.99.